The quantitative estimate of drug-likeness (QED) is 0.699. The molecule has 0 saturated carbocycles. The second-order valence-electron chi connectivity index (χ2n) is 5.87. The van der Waals surface area contributed by atoms with E-state index in [9.17, 15) is 18.8 Å². The van der Waals surface area contributed by atoms with Gasteiger partial charge in [-0.3, -0.25) is 23.5 Å². The molecule has 6 nitrogen and oxygen atoms in total. The van der Waals surface area contributed by atoms with Gasteiger partial charge < -0.3 is 5.32 Å². The second-order valence-corrected chi connectivity index (χ2v) is 6.30. The minimum Gasteiger partial charge on any atom is -0.322 e. The molecule has 0 spiro atoms. The Bertz CT molecular complexity index is 1140. The summed E-state index contributed by atoms with van der Waals surface area (Å²) in [4.78, 5) is 36.8. The maximum absolute atomic E-state index is 13.8. The molecule has 1 N–H and O–H groups in total. The fourth-order valence-electron chi connectivity index (χ4n) is 2.59. The highest BCUT2D eigenvalue weighted by atomic mass is 35.5. The molecule has 8 heteroatoms. The maximum atomic E-state index is 13.8. The molecule has 138 valence electrons. The van der Waals surface area contributed by atoms with Crippen LogP contribution in [0.5, 0.6) is 0 Å². The van der Waals surface area contributed by atoms with E-state index in [1.165, 1.54) is 29.1 Å². The molecule has 0 fully saturated rings. The predicted octanol–water partition coefficient (Wildman–Crippen LogP) is 2.74. The first-order valence-electron chi connectivity index (χ1n) is 8.00. The summed E-state index contributed by atoms with van der Waals surface area (Å²) in [5.74, 6) is -1.34. The number of amides is 1. The average molecular weight is 388 g/mol. The van der Waals surface area contributed by atoms with Gasteiger partial charge in [-0.1, -0.05) is 29.8 Å². The molecule has 0 atom stereocenters. The maximum Gasteiger partial charge on any atom is 0.320 e. The van der Waals surface area contributed by atoms with Crippen molar-refractivity contribution in [3.8, 4) is 5.69 Å². The number of aromatic nitrogens is 2. The number of rotatable bonds is 4. The van der Waals surface area contributed by atoms with Crippen molar-refractivity contribution in [1.82, 2.24) is 9.13 Å². The lowest BCUT2D eigenvalue weighted by Crippen LogP contribution is -2.41. The van der Waals surface area contributed by atoms with Crippen LogP contribution in [-0.4, -0.2) is 15.0 Å². The molecule has 27 heavy (non-hydrogen) atoms. The van der Waals surface area contributed by atoms with Gasteiger partial charge in [0.2, 0.25) is 5.91 Å². The van der Waals surface area contributed by atoms with Gasteiger partial charge in [0.05, 0.1) is 11.4 Å². The second kappa shape index (κ2) is 7.59. The monoisotopic (exact) mass is 387 g/mol. The molecule has 1 amide bonds. The topological polar surface area (TPSA) is 73.1 Å². The van der Waals surface area contributed by atoms with Crippen LogP contribution in [0.3, 0.4) is 0 Å². The number of nitrogens with one attached hydrogen (secondary N) is 1. The van der Waals surface area contributed by atoms with Gasteiger partial charge >= 0.3 is 11.1 Å². The van der Waals surface area contributed by atoms with Gasteiger partial charge in [-0.05, 0) is 36.8 Å². The van der Waals surface area contributed by atoms with Crippen molar-refractivity contribution in [2.45, 2.75) is 13.5 Å². The Morgan fingerprint density at radius 1 is 1.11 bits per heavy atom. The third-order valence-corrected chi connectivity index (χ3v) is 4.19. The number of para-hydroxylation sites is 1. The lowest BCUT2D eigenvalue weighted by Gasteiger charge is -2.11. The molecule has 3 aromatic rings. The molecular formula is C19H15ClFN3O3. The van der Waals surface area contributed by atoms with E-state index in [1.54, 1.807) is 12.1 Å². The van der Waals surface area contributed by atoms with Crippen molar-refractivity contribution in [3.63, 3.8) is 0 Å². The number of halogens is 2. The van der Waals surface area contributed by atoms with Gasteiger partial charge in [-0.15, -0.1) is 0 Å². The first-order valence-corrected chi connectivity index (χ1v) is 8.37. The van der Waals surface area contributed by atoms with Crippen molar-refractivity contribution >= 4 is 23.2 Å². The first-order chi connectivity index (χ1) is 12.9. The Morgan fingerprint density at radius 2 is 1.85 bits per heavy atom. The summed E-state index contributed by atoms with van der Waals surface area (Å²) in [6, 6.07) is 10.9. The molecule has 0 radical (unpaired) electrons. The van der Waals surface area contributed by atoms with Gasteiger partial charge in [0, 0.05) is 17.4 Å². The van der Waals surface area contributed by atoms with Crippen molar-refractivity contribution in [2.75, 3.05) is 5.32 Å². The number of carbonyl (C=O) groups is 1. The van der Waals surface area contributed by atoms with Crippen LogP contribution in [0.25, 0.3) is 5.69 Å². The highest BCUT2D eigenvalue weighted by Crippen LogP contribution is 2.18. The van der Waals surface area contributed by atoms with Crippen LogP contribution in [0.15, 0.2) is 64.4 Å². The van der Waals surface area contributed by atoms with Crippen LogP contribution in [0.4, 0.5) is 10.1 Å². The van der Waals surface area contributed by atoms with Gasteiger partial charge in [0.1, 0.15) is 12.4 Å². The van der Waals surface area contributed by atoms with Crippen LogP contribution in [0.2, 0.25) is 5.02 Å². The fourth-order valence-corrected chi connectivity index (χ4v) is 2.75. The van der Waals surface area contributed by atoms with E-state index < -0.39 is 29.4 Å². The zero-order valence-corrected chi connectivity index (χ0v) is 15.0. The summed E-state index contributed by atoms with van der Waals surface area (Å²) in [7, 11) is 0. The number of hydrogen-bond acceptors (Lipinski definition) is 3. The van der Waals surface area contributed by atoms with Crippen LogP contribution in [-0.2, 0) is 11.3 Å². The Labute approximate surface area is 158 Å². The Morgan fingerprint density at radius 3 is 2.56 bits per heavy atom. The van der Waals surface area contributed by atoms with Crippen molar-refractivity contribution in [2.24, 2.45) is 0 Å². The smallest absolute Gasteiger partial charge is 0.320 e. The van der Waals surface area contributed by atoms with Gasteiger partial charge in [0.25, 0.3) is 0 Å². The van der Waals surface area contributed by atoms with E-state index in [1.807, 2.05) is 19.1 Å². The lowest BCUT2D eigenvalue weighted by molar-refractivity contribution is -0.116. The van der Waals surface area contributed by atoms with E-state index in [0.29, 0.717) is 5.69 Å². The third-order valence-electron chi connectivity index (χ3n) is 3.95. The van der Waals surface area contributed by atoms with Crippen molar-refractivity contribution in [3.05, 3.63) is 92.0 Å². The lowest BCUT2D eigenvalue weighted by atomic mass is 10.2. The summed E-state index contributed by atoms with van der Waals surface area (Å²) >= 11 is 5.66. The molecule has 0 bridgehead atoms. The fraction of sp³-hybridized carbons (Fsp3) is 0.105. The van der Waals surface area contributed by atoms with Gasteiger partial charge in [-0.25, -0.2) is 4.39 Å². The normalized spacial score (nSPS) is 10.6. The summed E-state index contributed by atoms with van der Waals surface area (Å²) in [6.45, 7) is 1.40. The van der Waals surface area contributed by atoms with Crippen molar-refractivity contribution < 1.29 is 9.18 Å². The van der Waals surface area contributed by atoms with E-state index in [0.717, 1.165) is 16.2 Å². The number of benzene rings is 2. The highest BCUT2D eigenvalue weighted by molar-refractivity contribution is 6.30. The summed E-state index contributed by atoms with van der Waals surface area (Å²) in [5, 5.41) is 2.54. The Balaban J connectivity index is 1.85. The molecule has 0 unspecified atom stereocenters. The molecule has 2 aromatic carbocycles. The number of anilines is 1. The summed E-state index contributed by atoms with van der Waals surface area (Å²) in [6.07, 6.45) is 2.76. The number of carbonyl (C=O) groups excluding carboxylic acids is 1. The Kier molecular flexibility index (Phi) is 5.23. The number of aryl methyl sites for hydroxylation is 1. The van der Waals surface area contributed by atoms with E-state index >= 15 is 0 Å². The molecule has 3 rings (SSSR count). The first kappa shape index (κ1) is 18.6. The average Bonchev–Trinajstić information content (AvgIpc) is 2.62. The van der Waals surface area contributed by atoms with Crippen LogP contribution in [0, 0.1) is 12.7 Å². The van der Waals surface area contributed by atoms with Crippen molar-refractivity contribution in [1.29, 1.82) is 0 Å². The molecule has 1 aromatic heterocycles. The van der Waals surface area contributed by atoms with E-state index in [4.69, 9.17) is 11.6 Å². The largest absolute Gasteiger partial charge is 0.322 e. The standard InChI is InChI=1S/C19H15ClFN3O3/c1-12-4-2-3-5-16(12)24-9-8-23(18(26)19(24)27)11-17(25)22-15-7-6-13(20)10-14(15)21/h2-10H,11H2,1H3,(H,22,25). The van der Waals surface area contributed by atoms with Gasteiger partial charge in [-0.2, -0.15) is 0 Å². The zero-order chi connectivity index (χ0) is 19.6. The number of nitrogens with zero attached hydrogens (tertiary/aromatic N) is 2. The summed E-state index contributed by atoms with van der Waals surface area (Å²) < 4.78 is 15.9. The molecule has 0 aliphatic rings. The molecule has 0 aliphatic heterocycles. The molecular weight excluding hydrogens is 373 g/mol. The third kappa shape index (κ3) is 3.98. The van der Waals surface area contributed by atoms with Gasteiger partial charge in [0.15, 0.2) is 0 Å². The SMILES string of the molecule is Cc1ccccc1-n1ccn(CC(=O)Nc2ccc(Cl)cc2F)c(=O)c1=O. The minimum atomic E-state index is -0.854. The number of hydrogen-bond donors (Lipinski definition) is 1. The molecule has 0 saturated heterocycles. The highest BCUT2D eigenvalue weighted by Gasteiger charge is 2.12. The van der Waals surface area contributed by atoms with E-state index in [-0.39, 0.29) is 10.7 Å². The predicted molar refractivity (Wildman–Crippen MR) is 101 cm³/mol. The van der Waals surface area contributed by atoms with Crippen LogP contribution < -0.4 is 16.4 Å². The van der Waals surface area contributed by atoms with Crippen LogP contribution >= 0.6 is 11.6 Å². The Hall–Kier alpha value is -3.19. The van der Waals surface area contributed by atoms with Crippen LogP contribution in [0.1, 0.15) is 5.56 Å². The molecule has 1 heterocycles. The molecule has 0 aliphatic carbocycles. The van der Waals surface area contributed by atoms with E-state index in [2.05, 4.69) is 5.32 Å². The summed E-state index contributed by atoms with van der Waals surface area (Å²) in [5.41, 5.74) is -0.289. The zero-order valence-electron chi connectivity index (χ0n) is 14.3. The minimum absolute atomic E-state index is 0.0642.